The SMILES string of the molecule is C[C@@H]1[C@@H]([C@@H]2C[C@@H](C)C(=O)O2)O[C@@]2(C)CC[C@@]34O/C(=C\[C@@H]12)C(=O)[C@@H]3CC[C@H]1C(C)(C)O[C@@H]2CC(=O)O[C@@]21[C@H]4O. The minimum absolute atomic E-state index is 0.00329. The smallest absolute Gasteiger partial charge is 0.309 e. The number of carbonyl (C=O) groups is 3. The molecule has 38 heavy (non-hydrogen) atoms. The van der Waals surface area contributed by atoms with Crippen molar-refractivity contribution in [1.29, 1.82) is 0 Å². The van der Waals surface area contributed by atoms with E-state index in [9.17, 15) is 19.5 Å². The Hall–Kier alpha value is -1.97. The minimum Gasteiger partial charge on any atom is -0.480 e. The van der Waals surface area contributed by atoms with E-state index in [0.29, 0.717) is 32.1 Å². The summed E-state index contributed by atoms with van der Waals surface area (Å²) in [6, 6.07) is 0. The Morgan fingerprint density at radius 1 is 1.00 bits per heavy atom. The number of esters is 2. The van der Waals surface area contributed by atoms with Crippen molar-refractivity contribution in [2.75, 3.05) is 0 Å². The van der Waals surface area contributed by atoms with Gasteiger partial charge in [0.05, 0.1) is 35.6 Å². The Bertz CT molecular complexity index is 1140. The molecule has 1 saturated carbocycles. The first-order valence-corrected chi connectivity index (χ1v) is 14.2. The van der Waals surface area contributed by atoms with Gasteiger partial charge < -0.3 is 28.8 Å². The Labute approximate surface area is 222 Å². The zero-order chi connectivity index (χ0) is 27.0. The fraction of sp³-hybridized carbons (Fsp3) is 0.828. The number of ether oxygens (including phenoxy) is 5. The third kappa shape index (κ3) is 2.96. The molecule has 5 saturated heterocycles. The predicted molar refractivity (Wildman–Crippen MR) is 130 cm³/mol. The van der Waals surface area contributed by atoms with Crippen molar-refractivity contribution in [2.24, 2.45) is 29.6 Å². The Morgan fingerprint density at radius 3 is 2.47 bits per heavy atom. The van der Waals surface area contributed by atoms with Gasteiger partial charge in [0, 0.05) is 11.8 Å². The highest BCUT2D eigenvalue weighted by molar-refractivity contribution is 5.98. The number of fused-ring (bicyclic) bond motifs is 2. The molecule has 0 unspecified atom stereocenters. The number of hydrogen-bond donors (Lipinski definition) is 1. The van der Waals surface area contributed by atoms with Crippen molar-refractivity contribution in [3.05, 3.63) is 11.8 Å². The van der Waals surface area contributed by atoms with Crippen LogP contribution in [0.5, 0.6) is 0 Å². The van der Waals surface area contributed by atoms with E-state index in [2.05, 4.69) is 13.8 Å². The van der Waals surface area contributed by atoms with Crippen LogP contribution in [0.2, 0.25) is 0 Å². The first kappa shape index (κ1) is 25.0. The molecule has 2 bridgehead atoms. The average Bonchev–Trinajstić information content (AvgIpc) is 3.52. The number of ketones is 1. The highest BCUT2D eigenvalue weighted by Crippen LogP contribution is 2.63. The lowest BCUT2D eigenvalue weighted by Gasteiger charge is -2.46. The molecule has 0 amide bonds. The molecule has 6 heterocycles. The Balaban J connectivity index is 1.28. The van der Waals surface area contributed by atoms with Gasteiger partial charge >= 0.3 is 11.9 Å². The lowest BCUT2D eigenvalue weighted by Crippen LogP contribution is -2.63. The molecule has 0 radical (unpaired) electrons. The Kier molecular flexibility index (Phi) is 5.01. The molecule has 12 atom stereocenters. The quantitative estimate of drug-likeness (QED) is 0.511. The molecule has 9 nitrogen and oxygen atoms in total. The molecule has 2 spiro atoms. The van der Waals surface area contributed by atoms with E-state index in [1.807, 2.05) is 26.8 Å². The van der Waals surface area contributed by atoms with E-state index >= 15 is 0 Å². The molecule has 6 fully saturated rings. The summed E-state index contributed by atoms with van der Waals surface area (Å²) in [7, 11) is 0. The number of Topliss-reactive ketones (excluding diaryl/α,β-unsaturated/α-hetero) is 1. The van der Waals surface area contributed by atoms with Gasteiger partial charge in [-0.05, 0) is 64.9 Å². The van der Waals surface area contributed by atoms with Crippen LogP contribution in [-0.2, 0) is 38.1 Å². The second-order valence-corrected chi connectivity index (χ2v) is 13.7. The van der Waals surface area contributed by atoms with Crippen LogP contribution in [0.15, 0.2) is 11.8 Å². The van der Waals surface area contributed by atoms with E-state index in [-0.39, 0.29) is 59.8 Å². The fourth-order valence-corrected chi connectivity index (χ4v) is 9.36. The maximum absolute atomic E-state index is 13.9. The van der Waals surface area contributed by atoms with Crippen molar-refractivity contribution < 1.29 is 43.2 Å². The van der Waals surface area contributed by atoms with E-state index in [4.69, 9.17) is 23.7 Å². The zero-order valence-corrected chi connectivity index (χ0v) is 22.7. The molecule has 1 aliphatic carbocycles. The molecule has 6 aliphatic heterocycles. The lowest BCUT2D eigenvalue weighted by molar-refractivity contribution is -0.208. The van der Waals surface area contributed by atoms with Crippen molar-refractivity contribution >= 4 is 17.7 Å². The van der Waals surface area contributed by atoms with Crippen LogP contribution in [0.4, 0.5) is 0 Å². The molecule has 0 aromatic carbocycles. The number of hydrogen-bond acceptors (Lipinski definition) is 9. The maximum atomic E-state index is 13.9. The van der Waals surface area contributed by atoms with E-state index < -0.39 is 46.5 Å². The van der Waals surface area contributed by atoms with Crippen molar-refractivity contribution in [3.63, 3.8) is 0 Å². The number of aliphatic hydroxyl groups is 1. The van der Waals surface area contributed by atoms with Crippen LogP contribution >= 0.6 is 0 Å². The van der Waals surface area contributed by atoms with Gasteiger partial charge in [-0.3, -0.25) is 14.4 Å². The summed E-state index contributed by atoms with van der Waals surface area (Å²) in [6.07, 6.45) is 2.16. The third-order valence-electron chi connectivity index (χ3n) is 11.2. The van der Waals surface area contributed by atoms with Crippen molar-refractivity contribution in [1.82, 2.24) is 0 Å². The molecule has 7 rings (SSSR count). The summed E-state index contributed by atoms with van der Waals surface area (Å²) in [5, 5.41) is 12.3. The van der Waals surface area contributed by atoms with Gasteiger partial charge in [-0.25, -0.2) is 0 Å². The second kappa shape index (κ2) is 7.61. The van der Waals surface area contributed by atoms with Gasteiger partial charge in [-0.15, -0.1) is 0 Å². The standard InChI is InChI=1S/C29H38O9/c1-13-10-18(34-24(13)32)23-14(2)16-11-17-22(31)15-6-7-19-26(3,4)36-20-12-21(30)37-29(19,20)25(33)28(15,35-17)9-8-27(16,5)38-23/h11,13-16,18-20,23,25,33H,6-10,12H2,1-5H3/b17-11-/t13-,14+,15+,16+,18+,19+,20-,23+,25+,27+,28-,29-/m1/s1. The molecular formula is C29H38O9. The fourth-order valence-electron chi connectivity index (χ4n) is 9.36. The van der Waals surface area contributed by atoms with Gasteiger partial charge in [0.15, 0.2) is 11.4 Å². The van der Waals surface area contributed by atoms with Gasteiger partial charge in [0.2, 0.25) is 5.78 Å². The van der Waals surface area contributed by atoms with Gasteiger partial charge in [-0.1, -0.05) is 13.8 Å². The first-order chi connectivity index (χ1) is 17.8. The molecule has 9 heteroatoms. The number of allylic oxidation sites excluding steroid dienone is 1. The lowest BCUT2D eigenvalue weighted by atomic mass is 9.67. The number of carbonyl (C=O) groups excluding carboxylic acids is 3. The van der Waals surface area contributed by atoms with Gasteiger partial charge in [-0.2, -0.15) is 0 Å². The molecular weight excluding hydrogens is 492 g/mol. The summed E-state index contributed by atoms with van der Waals surface area (Å²) in [6.45, 7) is 9.95. The van der Waals surface area contributed by atoms with Crippen LogP contribution in [0.25, 0.3) is 0 Å². The summed E-state index contributed by atoms with van der Waals surface area (Å²) in [5.41, 5.74) is -3.75. The molecule has 0 aromatic heterocycles. The molecule has 208 valence electrons. The van der Waals surface area contributed by atoms with Crippen molar-refractivity contribution in [3.8, 4) is 0 Å². The van der Waals surface area contributed by atoms with E-state index in [1.165, 1.54) is 0 Å². The molecule has 1 N–H and O–H groups in total. The summed E-state index contributed by atoms with van der Waals surface area (Å²) in [4.78, 5) is 38.7. The van der Waals surface area contributed by atoms with Gasteiger partial charge in [0.1, 0.15) is 23.9 Å². The highest BCUT2D eigenvalue weighted by Gasteiger charge is 2.77. The number of cyclic esters (lactones) is 1. The highest BCUT2D eigenvalue weighted by atomic mass is 16.6. The number of aliphatic hydroxyl groups excluding tert-OH is 1. The second-order valence-electron chi connectivity index (χ2n) is 13.7. The van der Waals surface area contributed by atoms with E-state index in [0.717, 1.165) is 0 Å². The maximum Gasteiger partial charge on any atom is 0.309 e. The third-order valence-corrected chi connectivity index (χ3v) is 11.2. The molecule has 0 aromatic rings. The number of rotatable bonds is 1. The Morgan fingerprint density at radius 2 is 1.76 bits per heavy atom. The van der Waals surface area contributed by atoms with E-state index in [1.54, 1.807) is 0 Å². The van der Waals surface area contributed by atoms with Crippen LogP contribution in [-0.4, -0.2) is 69.6 Å². The summed E-state index contributed by atoms with van der Waals surface area (Å²) in [5.74, 6) is -1.49. The zero-order valence-electron chi connectivity index (χ0n) is 22.7. The monoisotopic (exact) mass is 530 g/mol. The van der Waals surface area contributed by atoms with Crippen LogP contribution in [0.1, 0.15) is 73.1 Å². The topological polar surface area (TPSA) is 118 Å². The predicted octanol–water partition coefficient (Wildman–Crippen LogP) is 2.61. The van der Waals surface area contributed by atoms with Crippen LogP contribution < -0.4 is 0 Å². The van der Waals surface area contributed by atoms with Crippen LogP contribution in [0.3, 0.4) is 0 Å². The molecule has 7 aliphatic rings. The summed E-state index contributed by atoms with van der Waals surface area (Å²) < 4.78 is 31.4. The van der Waals surface area contributed by atoms with Crippen molar-refractivity contribution in [2.45, 2.75) is 120 Å². The average molecular weight is 531 g/mol. The normalized spacial score (nSPS) is 55.8. The summed E-state index contributed by atoms with van der Waals surface area (Å²) >= 11 is 0. The first-order valence-electron chi connectivity index (χ1n) is 14.2. The minimum atomic E-state index is -1.26. The largest absolute Gasteiger partial charge is 0.480 e. The van der Waals surface area contributed by atoms with Crippen LogP contribution in [0, 0.1) is 29.6 Å². The van der Waals surface area contributed by atoms with Gasteiger partial charge in [0.25, 0.3) is 0 Å².